The topological polar surface area (TPSA) is 71.5 Å². The molecule has 1 unspecified atom stereocenters. The van der Waals surface area contributed by atoms with Crippen LogP contribution in [0.1, 0.15) is 54.4 Å². The summed E-state index contributed by atoms with van der Waals surface area (Å²) in [5.41, 5.74) is 2.27. The molecule has 2 amide bonds. The summed E-state index contributed by atoms with van der Waals surface area (Å²) in [6, 6.07) is 20.4. The van der Waals surface area contributed by atoms with Gasteiger partial charge in [0.2, 0.25) is 11.8 Å². The molecule has 0 saturated carbocycles. The van der Waals surface area contributed by atoms with Crippen molar-refractivity contribution in [1.82, 2.24) is 9.88 Å². The molecule has 1 aliphatic rings. The fourth-order valence-electron chi connectivity index (χ4n) is 4.07. The Balaban J connectivity index is 1.34. The van der Waals surface area contributed by atoms with Gasteiger partial charge in [0.25, 0.3) is 5.91 Å². The van der Waals surface area contributed by atoms with Crippen LogP contribution in [0, 0.1) is 0 Å². The fourth-order valence-corrected chi connectivity index (χ4v) is 4.07. The first-order valence-electron chi connectivity index (χ1n) is 11.5. The average Bonchev–Trinajstić information content (AvgIpc) is 2.87. The van der Waals surface area contributed by atoms with E-state index in [0.29, 0.717) is 29.3 Å². The monoisotopic (exact) mass is 443 g/mol. The number of aromatic nitrogens is 1. The average molecular weight is 444 g/mol. The molecular weight excluding hydrogens is 414 g/mol. The molecule has 1 N–H and O–H groups in total. The van der Waals surface area contributed by atoms with Gasteiger partial charge in [-0.05, 0) is 61.6 Å². The minimum Gasteiger partial charge on any atom is -0.439 e. The molecule has 0 spiro atoms. The quantitative estimate of drug-likeness (QED) is 0.514. The van der Waals surface area contributed by atoms with Crippen LogP contribution in [0.25, 0.3) is 0 Å². The molecular formula is C27H29N3O3. The lowest BCUT2D eigenvalue weighted by atomic mass is 9.95. The number of rotatable bonds is 7. The summed E-state index contributed by atoms with van der Waals surface area (Å²) < 4.78 is 5.81. The second-order valence-corrected chi connectivity index (χ2v) is 8.23. The van der Waals surface area contributed by atoms with Crippen LogP contribution in [0.15, 0.2) is 72.9 Å². The van der Waals surface area contributed by atoms with E-state index >= 15 is 0 Å². The summed E-state index contributed by atoms with van der Waals surface area (Å²) in [5, 5.41) is 2.93. The number of anilines is 1. The first-order valence-corrected chi connectivity index (χ1v) is 11.5. The van der Waals surface area contributed by atoms with Gasteiger partial charge in [0.15, 0.2) is 0 Å². The number of likely N-dealkylation sites (tertiary alicyclic amines) is 1. The second kappa shape index (κ2) is 10.8. The number of pyridine rings is 1. The van der Waals surface area contributed by atoms with Crippen LogP contribution < -0.4 is 10.1 Å². The van der Waals surface area contributed by atoms with Crippen molar-refractivity contribution in [2.75, 3.05) is 18.4 Å². The SMILES string of the molecule is CCC(C(=O)Nc1ccc(Oc2ccc(C(=O)N3CCCCC3)cc2)nc1)c1ccccc1. The van der Waals surface area contributed by atoms with Crippen molar-refractivity contribution in [1.29, 1.82) is 0 Å². The molecule has 1 aromatic heterocycles. The highest BCUT2D eigenvalue weighted by molar-refractivity contribution is 5.96. The zero-order chi connectivity index (χ0) is 23.0. The zero-order valence-corrected chi connectivity index (χ0v) is 18.9. The number of carbonyl (C=O) groups is 2. The Morgan fingerprint density at radius 1 is 0.970 bits per heavy atom. The maximum absolute atomic E-state index is 12.7. The van der Waals surface area contributed by atoms with Crippen LogP contribution in [0.2, 0.25) is 0 Å². The molecule has 6 heteroatoms. The fraction of sp³-hybridized carbons (Fsp3) is 0.296. The van der Waals surface area contributed by atoms with E-state index in [-0.39, 0.29) is 17.7 Å². The Bertz CT molecular complexity index is 1060. The van der Waals surface area contributed by atoms with E-state index in [4.69, 9.17) is 4.74 Å². The minimum absolute atomic E-state index is 0.0619. The highest BCUT2D eigenvalue weighted by atomic mass is 16.5. The van der Waals surface area contributed by atoms with Gasteiger partial charge in [-0.15, -0.1) is 0 Å². The largest absolute Gasteiger partial charge is 0.439 e. The van der Waals surface area contributed by atoms with Crippen LogP contribution in [-0.4, -0.2) is 34.8 Å². The van der Waals surface area contributed by atoms with Gasteiger partial charge < -0.3 is 15.0 Å². The van der Waals surface area contributed by atoms with Crippen LogP contribution in [-0.2, 0) is 4.79 Å². The molecule has 4 rings (SSSR count). The summed E-state index contributed by atoms with van der Waals surface area (Å²) in [5.74, 6) is 0.810. The summed E-state index contributed by atoms with van der Waals surface area (Å²) in [7, 11) is 0. The van der Waals surface area contributed by atoms with Gasteiger partial charge in [-0.3, -0.25) is 9.59 Å². The molecule has 0 bridgehead atoms. The molecule has 3 aromatic rings. The minimum atomic E-state index is -0.215. The molecule has 1 saturated heterocycles. The third kappa shape index (κ3) is 5.77. The van der Waals surface area contributed by atoms with E-state index in [1.165, 1.54) is 6.42 Å². The number of hydrogen-bond acceptors (Lipinski definition) is 4. The van der Waals surface area contributed by atoms with Gasteiger partial charge in [-0.2, -0.15) is 0 Å². The van der Waals surface area contributed by atoms with Gasteiger partial charge >= 0.3 is 0 Å². The van der Waals surface area contributed by atoms with E-state index in [2.05, 4.69) is 10.3 Å². The summed E-state index contributed by atoms with van der Waals surface area (Å²) in [4.78, 5) is 31.5. The third-order valence-electron chi connectivity index (χ3n) is 5.90. The molecule has 1 aliphatic heterocycles. The second-order valence-electron chi connectivity index (χ2n) is 8.23. The van der Waals surface area contributed by atoms with Crippen molar-refractivity contribution in [3.63, 3.8) is 0 Å². The highest BCUT2D eigenvalue weighted by Crippen LogP contribution is 2.24. The molecule has 0 radical (unpaired) electrons. The molecule has 1 atom stereocenters. The number of hydrogen-bond donors (Lipinski definition) is 1. The maximum atomic E-state index is 12.7. The van der Waals surface area contributed by atoms with Crippen LogP contribution in [0.3, 0.4) is 0 Å². The van der Waals surface area contributed by atoms with E-state index in [9.17, 15) is 9.59 Å². The number of ether oxygens (including phenoxy) is 1. The number of piperidine rings is 1. The van der Waals surface area contributed by atoms with Gasteiger partial charge in [-0.25, -0.2) is 4.98 Å². The van der Waals surface area contributed by atoms with E-state index in [0.717, 1.165) is 31.5 Å². The summed E-state index contributed by atoms with van der Waals surface area (Å²) >= 11 is 0. The maximum Gasteiger partial charge on any atom is 0.253 e. The van der Waals surface area contributed by atoms with Crippen molar-refractivity contribution in [2.45, 2.75) is 38.5 Å². The van der Waals surface area contributed by atoms with Crippen molar-refractivity contribution in [3.05, 3.63) is 84.1 Å². The lowest BCUT2D eigenvalue weighted by Crippen LogP contribution is -2.35. The number of benzene rings is 2. The third-order valence-corrected chi connectivity index (χ3v) is 5.90. The lowest BCUT2D eigenvalue weighted by molar-refractivity contribution is -0.117. The molecule has 2 aromatic carbocycles. The van der Waals surface area contributed by atoms with Gasteiger partial charge in [-0.1, -0.05) is 37.3 Å². The Morgan fingerprint density at radius 2 is 1.70 bits per heavy atom. The number of nitrogens with one attached hydrogen (secondary N) is 1. The molecule has 0 aliphatic carbocycles. The predicted molar refractivity (Wildman–Crippen MR) is 129 cm³/mol. The van der Waals surface area contributed by atoms with Crippen molar-refractivity contribution in [2.24, 2.45) is 0 Å². The van der Waals surface area contributed by atoms with Crippen molar-refractivity contribution < 1.29 is 14.3 Å². The van der Waals surface area contributed by atoms with E-state index in [1.807, 2.05) is 42.2 Å². The first kappa shape index (κ1) is 22.5. The summed E-state index contributed by atoms with van der Waals surface area (Å²) in [6.45, 7) is 3.65. The normalized spacial score (nSPS) is 14.4. The Labute approximate surface area is 194 Å². The Morgan fingerprint density at radius 3 is 2.33 bits per heavy atom. The molecule has 2 heterocycles. The van der Waals surface area contributed by atoms with Crippen LogP contribution in [0.4, 0.5) is 5.69 Å². The van der Waals surface area contributed by atoms with Crippen LogP contribution in [0.5, 0.6) is 11.6 Å². The Kier molecular flexibility index (Phi) is 7.35. The predicted octanol–water partition coefficient (Wildman–Crippen LogP) is 5.63. The van der Waals surface area contributed by atoms with Gasteiger partial charge in [0.05, 0.1) is 17.8 Å². The number of nitrogens with zero attached hydrogens (tertiary/aromatic N) is 2. The smallest absolute Gasteiger partial charge is 0.253 e. The molecule has 6 nitrogen and oxygen atoms in total. The lowest BCUT2D eigenvalue weighted by Gasteiger charge is -2.26. The van der Waals surface area contributed by atoms with Gasteiger partial charge in [0, 0.05) is 24.7 Å². The Hall–Kier alpha value is -3.67. The first-order chi connectivity index (χ1) is 16.1. The number of carbonyl (C=O) groups excluding carboxylic acids is 2. The zero-order valence-electron chi connectivity index (χ0n) is 18.9. The van der Waals surface area contributed by atoms with Gasteiger partial charge in [0.1, 0.15) is 5.75 Å². The number of amides is 2. The van der Waals surface area contributed by atoms with E-state index < -0.39 is 0 Å². The molecule has 170 valence electrons. The van der Waals surface area contributed by atoms with E-state index in [1.54, 1.807) is 42.6 Å². The van der Waals surface area contributed by atoms with Crippen molar-refractivity contribution in [3.8, 4) is 11.6 Å². The van der Waals surface area contributed by atoms with Crippen molar-refractivity contribution >= 4 is 17.5 Å². The molecule has 1 fully saturated rings. The standard InChI is InChI=1S/C27H29N3O3/c1-2-24(20-9-5-3-6-10-20)26(31)29-22-13-16-25(28-19-22)33-23-14-11-21(12-15-23)27(32)30-17-7-4-8-18-30/h3,5-6,9-16,19,24H,2,4,7-8,17-18H2,1H3,(H,29,31). The highest BCUT2D eigenvalue weighted by Gasteiger charge is 2.19. The summed E-state index contributed by atoms with van der Waals surface area (Å²) in [6.07, 6.45) is 5.62. The molecule has 33 heavy (non-hydrogen) atoms. The van der Waals surface area contributed by atoms with Crippen LogP contribution >= 0.6 is 0 Å².